The molecule has 0 spiro atoms. The van der Waals surface area contributed by atoms with Crippen molar-refractivity contribution in [3.63, 3.8) is 0 Å². The Bertz CT molecular complexity index is 640. The molecule has 2 rings (SSSR count). The highest BCUT2D eigenvalue weighted by Crippen LogP contribution is 2.24. The van der Waals surface area contributed by atoms with Gasteiger partial charge >= 0.3 is 0 Å². The standard InChI is InChI=1S/C10H4Cl2N2O/c11-6-1-7(12)9-8(2-6)14-4-5(3-13)10(9)15/h1-2,4H,(H,14,15). The van der Waals surface area contributed by atoms with Gasteiger partial charge in [0.05, 0.1) is 15.9 Å². The van der Waals surface area contributed by atoms with E-state index in [-0.39, 0.29) is 16.0 Å². The molecule has 0 saturated heterocycles. The molecular formula is C10H4Cl2N2O. The summed E-state index contributed by atoms with van der Waals surface area (Å²) in [5, 5.41) is 9.66. The molecule has 3 nitrogen and oxygen atoms in total. The van der Waals surface area contributed by atoms with E-state index in [1.165, 1.54) is 12.3 Å². The first-order valence-corrected chi connectivity index (χ1v) is 4.79. The lowest BCUT2D eigenvalue weighted by Gasteiger charge is -2.01. The summed E-state index contributed by atoms with van der Waals surface area (Å²) >= 11 is 11.7. The molecule has 0 aliphatic heterocycles. The molecule has 1 aromatic carbocycles. The molecule has 1 N–H and O–H groups in total. The van der Waals surface area contributed by atoms with E-state index in [4.69, 9.17) is 28.5 Å². The summed E-state index contributed by atoms with van der Waals surface area (Å²) in [6, 6.07) is 4.86. The molecule has 0 fully saturated rings. The highest BCUT2D eigenvalue weighted by Gasteiger charge is 2.08. The average molecular weight is 239 g/mol. The van der Waals surface area contributed by atoms with E-state index in [1.54, 1.807) is 12.1 Å². The number of nitrogens with one attached hydrogen (secondary N) is 1. The molecule has 0 saturated carbocycles. The van der Waals surface area contributed by atoms with Gasteiger partial charge in [-0.25, -0.2) is 0 Å². The second kappa shape index (κ2) is 3.58. The number of benzene rings is 1. The summed E-state index contributed by atoms with van der Waals surface area (Å²) in [5.41, 5.74) is 0.177. The Morgan fingerprint density at radius 2 is 2.07 bits per heavy atom. The van der Waals surface area contributed by atoms with Gasteiger partial charge in [-0.05, 0) is 12.1 Å². The van der Waals surface area contributed by atoms with Gasteiger partial charge in [-0.2, -0.15) is 5.26 Å². The zero-order chi connectivity index (χ0) is 11.0. The minimum atomic E-state index is -0.382. The number of aromatic nitrogens is 1. The van der Waals surface area contributed by atoms with Crippen LogP contribution in [0.25, 0.3) is 10.9 Å². The van der Waals surface area contributed by atoms with Crippen LogP contribution in [-0.2, 0) is 0 Å². The first kappa shape index (κ1) is 10.0. The van der Waals surface area contributed by atoms with Gasteiger partial charge in [-0.1, -0.05) is 23.2 Å². The maximum absolute atomic E-state index is 11.7. The molecule has 74 valence electrons. The summed E-state index contributed by atoms with van der Waals surface area (Å²) in [5.74, 6) is 0. The number of fused-ring (bicyclic) bond motifs is 1. The normalized spacial score (nSPS) is 10.2. The molecule has 0 unspecified atom stereocenters. The molecule has 0 bridgehead atoms. The Balaban J connectivity index is 3.02. The Hall–Kier alpha value is -1.50. The molecule has 1 aromatic heterocycles. The fourth-order valence-electron chi connectivity index (χ4n) is 1.35. The lowest BCUT2D eigenvalue weighted by molar-refractivity contribution is 1.34. The van der Waals surface area contributed by atoms with Crippen LogP contribution in [0.3, 0.4) is 0 Å². The fraction of sp³-hybridized carbons (Fsp3) is 0. The van der Waals surface area contributed by atoms with Crippen LogP contribution in [0.15, 0.2) is 23.1 Å². The summed E-state index contributed by atoms with van der Waals surface area (Å²) in [6.07, 6.45) is 1.34. The third kappa shape index (κ3) is 1.58. The third-order valence-corrected chi connectivity index (χ3v) is 2.54. The smallest absolute Gasteiger partial charge is 0.208 e. The van der Waals surface area contributed by atoms with Crippen LogP contribution in [0.2, 0.25) is 10.0 Å². The van der Waals surface area contributed by atoms with Crippen LogP contribution in [0.4, 0.5) is 0 Å². The Kier molecular flexibility index (Phi) is 2.39. The van der Waals surface area contributed by atoms with Crippen LogP contribution in [-0.4, -0.2) is 4.98 Å². The minimum Gasteiger partial charge on any atom is -0.360 e. The number of nitrogens with zero attached hydrogens (tertiary/aromatic N) is 1. The van der Waals surface area contributed by atoms with Gasteiger partial charge in [0.15, 0.2) is 0 Å². The van der Waals surface area contributed by atoms with E-state index in [0.29, 0.717) is 15.9 Å². The number of aromatic amines is 1. The largest absolute Gasteiger partial charge is 0.360 e. The van der Waals surface area contributed by atoms with Gasteiger partial charge in [0, 0.05) is 11.2 Å². The summed E-state index contributed by atoms with van der Waals surface area (Å²) < 4.78 is 0. The SMILES string of the molecule is N#Cc1c[nH]c2cc(Cl)cc(Cl)c2c1=O. The highest BCUT2D eigenvalue weighted by atomic mass is 35.5. The van der Waals surface area contributed by atoms with E-state index >= 15 is 0 Å². The number of halogens is 2. The van der Waals surface area contributed by atoms with Gasteiger partial charge in [0.25, 0.3) is 0 Å². The summed E-state index contributed by atoms with van der Waals surface area (Å²) in [6.45, 7) is 0. The van der Waals surface area contributed by atoms with E-state index in [9.17, 15) is 4.79 Å². The van der Waals surface area contributed by atoms with Crippen LogP contribution in [0.5, 0.6) is 0 Å². The summed E-state index contributed by atoms with van der Waals surface area (Å²) in [4.78, 5) is 14.5. The molecule has 0 radical (unpaired) electrons. The zero-order valence-electron chi connectivity index (χ0n) is 7.34. The van der Waals surface area contributed by atoms with Crippen molar-refractivity contribution >= 4 is 34.1 Å². The number of H-pyrrole nitrogens is 1. The van der Waals surface area contributed by atoms with E-state index in [1.807, 2.05) is 0 Å². The molecule has 0 atom stereocenters. The Morgan fingerprint density at radius 1 is 1.33 bits per heavy atom. The molecular weight excluding hydrogens is 235 g/mol. The van der Waals surface area contributed by atoms with Gasteiger partial charge in [0.1, 0.15) is 11.6 Å². The van der Waals surface area contributed by atoms with Crippen molar-refractivity contribution in [2.75, 3.05) is 0 Å². The molecule has 0 aliphatic rings. The molecule has 2 aromatic rings. The Morgan fingerprint density at radius 3 is 2.73 bits per heavy atom. The first-order chi connectivity index (χ1) is 7.13. The number of pyridine rings is 1. The Labute approximate surface area is 94.9 Å². The topological polar surface area (TPSA) is 56.6 Å². The number of rotatable bonds is 0. The maximum atomic E-state index is 11.7. The number of hydrogen-bond acceptors (Lipinski definition) is 2. The van der Waals surface area contributed by atoms with Crippen molar-refractivity contribution in [3.05, 3.63) is 44.2 Å². The minimum absolute atomic E-state index is 0.0340. The second-order valence-electron chi connectivity index (χ2n) is 2.95. The van der Waals surface area contributed by atoms with Crippen molar-refractivity contribution in [1.82, 2.24) is 4.98 Å². The molecule has 15 heavy (non-hydrogen) atoms. The highest BCUT2D eigenvalue weighted by molar-refractivity contribution is 6.38. The van der Waals surface area contributed by atoms with Gasteiger partial charge in [-0.15, -0.1) is 0 Å². The third-order valence-electron chi connectivity index (χ3n) is 2.02. The van der Waals surface area contributed by atoms with Crippen LogP contribution in [0.1, 0.15) is 5.56 Å². The van der Waals surface area contributed by atoms with Gasteiger partial charge < -0.3 is 4.98 Å². The second-order valence-corrected chi connectivity index (χ2v) is 3.80. The van der Waals surface area contributed by atoms with Crippen molar-refractivity contribution in [1.29, 1.82) is 5.26 Å². The summed E-state index contributed by atoms with van der Waals surface area (Å²) in [7, 11) is 0. The quantitative estimate of drug-likeness (QED) is 0.768. The lowest BCUT2D eigenvalue weighted by atomic mass is 10.1. The van der Waals surface area contributed by atoms with Crippen molar-refractivity contribution < 1.29 is 0 Å². The van der Waals surface area contributed by atoms with Crippen molar-refractivity contribution in [2.45, 2.75) is 0 Å². The van der Waals surface area contributed by atoms with E-state index in [0.717, 1.165) is 0 Å². The first-order valence-electron chi connectivity index (χ1n) is 4.04. The van der Waals surface area contributed by atoms with Gasteiger partial charge in [0.2, 0.25) is 5.43 Å². The number of nitriles is 1. The predicted molar refractivity (Wildman–Crippen MR) is 59.3 cm³/mol. The van der Waals surface area contributed by atoms with Crippen LogP contribution >= 0.6 is 23.2 Å². The average Bonchev–Trinajstić information content (AvgIpc) is 2.17. The lowest BCUT2D eigenvalue weighted by Crippen LogP contribution is -2.07. The van der Waals surface area contributed by atoms with Crippen molar-refractivity contribution in [2.24, 2.45) is 0 Å². The molecule has 1 heterocycles. The van der Waals surface area contributed by atoms with Crippen molar-refractivity contribution in [3.8, 4) is 6.07 Å². The molecule has 0 aliphatic carbocycles. The monoisotopic (exact) mass is 238 g/mol. The van der Waals surface area contributed by atoms with E-state index in [2.05, 4.69) is 4.98 Å². The molecule has 0 amide bonds. The maximum Gasteiger partial charge on any atom is 0.208 e. The molecule has 5 heteroatoms. The van der Waals surface area contributed by atoms with Crippen LogP contribution < -0.4 is 5.43 Å². The van der Waals surface area contributed by atoms with Crippen LogP contribution in [0, 0.1) is 11.3 Å². The predicted octanol–water partition coefficient (Wildman–Crippen LogP) is 2.71. The fourth-order valence-corrected chi connectivity index (χ4v) is 1.93. The van der Waals surface area contributed by atoms with E-state index < -0.39 is 0 Å². The van der Waals surface area contributed by atoms with Gasteiger partial charge in [-0.3, -0.25) is 4.79 Å². The number of hydrogen-bond donors (Lipinski definition) is 1. The zero-order valence-corrected chi connectivity index (χ0v) is 8.86.